The molecule has 0 aliphatic carbocycles. The van der Waals surface area contributed by atoms with Crippen molar-refractivity contribution in [2.45, 2.75) is 13.8 Å². The van der Waals surface area contributed by atoms with Gasteiger partial charge in [0.1, 0.15) is 0 Å². The first-order valence-corrected chi connectivity index (χ1v) is 4.92. The summed E-state index contributed by atoms with van der Waals surface area (Å²) in [4.78, 5) is 31.4. The molecule has 0 aromatic heterocycles. The number of esters is 1. The number of hydrogen-bond donors (Lipinski definition) is 0. The van der Waals surface area contributed by atoms with E-state index in [4.69, 9.17) is 0 Å². The van der Waals surface area contributed by atoms with E-state index >= 15 is 0 Å². The minimum atomic E-state index is -0.690. The number of hydrogen-bond acceptors (Lipinski definition) is 5. The maximum atomic E-state index is 11.1. The Bertz CT molecular complexity index is 428. The standard InChI is InChI=1S/C9H7NO5.C2H6/c1-15-9(12)6-2-3-8(10(13)14)7(4-6)5-11;1-2/h2-5H,1H3;1-2H3. The van der Waals surface area contributed by atoms with E-state index in [-0.39, 0.29) is 16.8 Å². The number of carbonyl (C=O) groups is 2. The minimum absolute atomic E-state index is 0.102. The number of rotatable bonds is 3. The molecule has 17 heavy (non-hydrogen) atoms. The van der Waals surface area contributed by atoms with Gasteiger partial charge in [-0.25, -0.2) is 4.79 Å². The van der Waals surface area contributed by atoms with Gasteiger partial charge in [-0.2, -0.15) is 0 Å². The van der Waals surface area contributed by atoms with Gasteiger partial charge in [-0.15, -0.1) is 0 Å². The Balaban J connectivity index is 0.00000121. The van der Waals surface area contributed by atoms with Crippen molar-refractivity contribution < 1.29 is 19.2 Å². The highest BCUT2D eigenvalue weighted by atomic mass is 16.6. The summed E-state index contributed by atoms with van der Waals surface area (Å²) in [5.74, 6) is -0.645. The summed E-state index contributed by atoms with van der Waals surface area (Å²) in [5.41, 5.74) is -0.384. The third-order valence-electron chi connectivity index (χ3n) is 1.77. The monoisotopic (exact) mass is 239 g/mol. The first-order valence-electron chi connectivity index (χ1n) is 4.92. The van der Waals surface area contributed by atoms with Crippen LogP contribution in [0.5, 0.6) is 0 Å². The Morgan fingerprint density at radius 3 is 2.41 bits per heavy atom. The molecule has 0 atom stereocenters. The topological polar surface area (TPSA) is 86.5 Å². The number of ether oxygens (including phenoxy) is 1. The van der Waals surface area contributed by atoms with Gasteiger partial charge >= 0.3 is 5.97 Å². The van der Waals surface area contributed by atoms with Crippen LogP contribution in [0.1, 0.15) is 34.6 Å². The largest absolute Gasteiger partial charge is 0.465 e. The molecule has 0 aliphatic heterocycles. The molecule has 0 spiro atoms. The van der Waals surface area contributed by atoms with Crippen LogP contribution < -0.4 is 0 Å². The van der Waals surface area contributed by atoms with Crippen LogP contribution in [-0.4, -0.2) is 24.3 Å². The van der Waals surface area contributed by atoms with Gasteiger partial charge in [-0.3, -0.25) is 14.9 Å². The molecule has 1 rings (SSSR count). The second-order valence-electron chi connectivity index (χ2n) is 2.64. The Labute approximate surface area is 98.4 Å². The first kappa shape index (κ1) is 14.8. The molecule has 6 nitrogen and oxygen atoms in total. The van der Waals surface area contributed by atoms with Gasteiger partial charge in [0.2, 0.25) is 0 Å². The van der Waals surface area contributed by atoms with Gasteiger partial charge in [0, 0.05) is 6.07 Å². The van der Waals surface area contributed by atoms with Crippen LogP contribution in [0.3, 0.4) is 0 Å². The quantitative estimate of drug-likeness (QED) is 0.349. The van der Waals surface area contributed by atoms with Crippen LogP contribution in [0.4, 0.5) is 5.69 Å². The summed E-state index contributed by atoms with van der Waals surface area (Å²) < 4.78 is 4.41. The van der Waals surface area contributed by atoms with Crippen LogP contribution in [0, 0.1) is 10.1 Å². The number of carbonyl (C=O) groups excluding carboxylic acids is 2. The van der Waals surface area contributed by atoms with Crippen LogP contribution >= 0.6 is 0 Å². The molecule has 0 radical (unpaired) electrons. The van der Waals surface area contributed by atoms with E-state index in [2.05, 4.69) is 4.74 Å². The summed E-state index contributed by atoms with van der Waals surface area (Å²) in [6.45, 7) is 4.00. The lowest BCUT2D eigenvalue weighted by Crippen LogP contribution is -2.03. The molecule has 0 unspecified atom stereocenters. The van der Waals surface area contributed by atoms with Crippen LogP contribution in [0.15, 0.2) is 18.2 Å². The number of nitro benzene ring substituents is 1. The molecule has 0 N–H and O–H groups in total. The van der Waals surface area contributed by atoms with Crippen molar-refractivity contribution >= 4 is 17.9 Å². The summed E-state index contributed by atoms with van der Waals surface area (Å²) in [7, 11) is 1.18. The van der Waals surface area contributed by atoms with E-state index in [0.717, 1.165) is 12.1 Å². The molecule has 1 aromatic rings. The molecule has 0 saturated heterocycles. The molecule has 0 aliphatic rings. The maximum absolute atomic E-state index is 11.1. The van der Waals surface area contributed by atoms with E-state index in [1.807, 2.05) is 13.8 Å². The van der Waals surface area contributed by atoms with E-state index in [9.17, 15) is 19.7 Å². The molecule has 0 heterocycles. The highest BCUT2D eigenvalue weighted by Crippen LogP contribution is 2.18. The Kier molecular flexibility index (Phi) is 6.17. The number of nitro groups is 1. The average molecular weight is 239 g/mol. The number of benzene rings is 1. The second-order valence-corrected chi connectivity index (χ2v) is 2.64. The Morgan fingerprint density at radius 2 is 2.00 bits per heavy atom. The molecule has 0 bridgehead atoms. The van der Waals surface area contributed by atoms with Crippen molar-refractivity contribution in [3.63, 3.8) is 0 Å². The fourth-order valence-corrected chi connectivity index (χ4v) is 1.06. The Hall–Kier alpha value is -2.24. The van der Waals surface area contributed by atoms with Crippen molar-refractivity contribution in [2.24, 2.45) is 0 Å². The maximum Gasteiger partial charge on any atom is 0.337 e. The lowest BCUT2D eigenvalue weighted by Gasteiger charge is -2.00. The zero-order valence-electron chi connectivity index (χ0n) is 9.80. The van der Waals surface area contributed by atoms with Gasteiger partial charge in [-0.05, 0) is 12.1 Å². The van der Waals surface area contributed by atoms with Crippen molar-refractivity contribution in [2.75, 3.05) is 7.11 Å². The van der Waals surface area contributed by atoms with Crippen molar-refractivity contribution in [1.29, 1.82) is 0 Å². The zero-order valence-corrected chi connectivity index (χ0v) is 9.80. The van der Waals surface area contributed by atoms with Crippen LogP contribution in [-0.2, 0) is 4.74 Å². The first-order chi connectivity index (χ1) is 8.10. The van der Waals surface area contributed by atoms with E-state index in [1.54, 1.807) is 0 Å². The minimum Gasteiger partial charge on any atom is -0.465 e. The SMILES string of the molecule is CC.COC(=O)c1ccc([N+](=O)[O-])c(C=O)c1. The van der Waals surface area contributed by atoms with Gasteiger partial charge in [0.25, 0.3) is 5.69 Å². The second kappa shape index (κ2) is 7.10. The average Bonchev–Trinajstić information content (AvgIpc) is 2.39. The smallest absolute Gasteiger partial charge is 0.337 e. The van der Waals surface area contributed by atoms with E-state index < -0.39 is 10.9 Å². The number of aldehydes is 1. The summed E-state index contributed by atoms with van der Waals surface area (Å²) in [5, 5.41) is 10.5. The van der Waals surface area contributed by atoms with Gasteiger partial charge < -0.3 is 4.74 Å². The van der Waals surface area contributed by atoms with Crippen molar-refractivity contribution in [1.82, 2.24) is 0 Å². The van der Waals surface area contributed by atoms with Crippen LogP contribution in [0.2, 0.25) is 0 Å². The predicted octanol–water partition coefficient (Wildman–Crippen LogP) is 2.22. The highest BCUT2D eigenvalue weighted by molar-refractivity contribution is 5.93. The van der Waals surface area contributed by atoms with Gasteiger partial charge in [0.15, 0.2) is 6.29 Å². The zero-order chi connectivity index (χ0) is 13.4. The third kappa shape index (κ3) is 3.67. The molecule has 92 valence electrons. The summed E-state index contributed by atoms with van der Waals surface area (Å²) >= 11 is 0. The van der Waals surface area contributed by atoms with Crippen LogP contribution in [0.25, 0.3) is 0 Å². The summed E-state index contributed by atoms with van der Waals surface area (Å²) in [6, 6.07) is 3.45. The molecule has 1 aromatic carbocycles. The molecular formula is C11H13NO5. The predicted molar refractivity (Wildman–Crippen MR) is 61.2 cm³/mol. The van der Waals surface area contributed by atoms with Crippen molar-refractivity contribution in [3.8, 4) is 0 Å². The molecule has 6 heteroatoms. The molecule has 0 saturated carbocycles. The fourth-order valence-electron chi connectivity index (χ4n) is 1.06. The third-order valence-corrected chi connectivity index (χ3v) is 1.77. The van der Waals surface area contributed by atoms with Gasteiger partial charge in [0.05, 0.1) is 23.2 Å². The highest BCUT2D eigenvalue weighted by Gasteiger charge is 2.16. The Morgan fingerprint density at radius 1 is 1.41 bits per heavy atom. The lowest BCUT2D eigenvalue weighted by atomic mass is 10.1. The fraction of sp³-hybridized carbons (Fsp3) is 0.273. The lowest BCUT2D eigenvalue weighted by molar-refractivity contribution is -0.385. The summed E-state index contributed by atoms with van der Waals surface area (Å²) in [6.07, 6.45) is 0.324. The van der Waals surface area contributed by atoms with Gasteiger partial charge in [-0.1, -0.05) is 13.8 Å². The molecule has 0 amide bonds. The molecular weight excluding hydrogens is 226 g/mol. The number of methoxy groups -OCH3 is 1. The molecule has 0 fully saturated rings. The number of nitrogens with zero attached hydrogens (tertiary/aromatic N) is 1. The van der Waals surface area contributed by atoms with E-state index in [0.29, 0.717) is 6.29 Å². The normalized spacial score (nSPS) is 8.65. The van der Waals surface area contributed by atoms with E-state index in [1.165, 1.54) is 13.2 Å². The van der Waals surface area contributed by atoms with Crippen molar-refractivity contribution in [3.05, 3.63) is 39.4 Å².